The minimum atomic E-state index is 0. The summed E-state index contributed by atoms with van der Waals surface area (Å²) in [6.45, 7) is 1.74. The van der Waals surface area contributed by atoms with E-state index in [4.69, 9.17) is 0 Å². The van der Waals surface area contributed by atoms with Crippen LogP contribution >= 0.6 is 0 Å². The maximum Gasteiger partial charge on any atom is 1.00 e. The molecule has 2 rings (SSSR count). The van der Waals surface area contributed by atoms with E-state index in [9.17, 15) is 4.79 Å². The third-order valence-corrected chi connectivity index (χ3v) is 4.77. The minimum absolute atomic E-state index is 0. The Bertz CT molecular complexity index is 237. The monoisotopic (exact) mass is 320 g/mol. The summed E-state index contributed by atoms with van der Waals surface area (Å²) in [6.07, 6.45) is 15.7. The van der Waals surface area contributed by atoms with E-state index in [0.29, 0.717) is 11.7 Å². The normalized spacial score (nSPS) is 29.6. The first-order chi connectivity index (χ1) is 8.24. The Labute approximate surface area is 162 Å². The molecule has 2 fully saturated rings. The van der Waals surface area contributed by atoms with Crippen LogP contribution in [-0.4, -0.2) is 5.78 Å². The van der Waals surface area contributed by atoms with Gasteiger partial charge >= 0.3 is 58.2 Å². The van der Waals surface area contributed by atoms with Crippen LogP contribution in [0.15, 0.2) is 0 Å². The van der Waals surface area contributed by atoms with Gasteiger partial charge in [0.05, 0.1) is 0 Å². The van der Waals surface area contributed by atoms with Crippen molar-refractivity contribution in [3.8, 4) is 0 Å². The first-order valence-corrected chi connectivity index (χ1v) is 7.55. The number of carbonyl (C=O) groups excluding carboxylic acids is 1. The van der Waals surface area contributed by atoms with Crippen molar-refractivity contribution in [2.75, 3.05) is 0 Å². The number of rotatable bonds is 4. The first-order valence-electron chi connectivity index (χ1n) is 7.55. The van der Waals surface area contributed by atoms with Crippen molar-refractivity contribution in [3.63, 3.8) is 0 Å². The van der Waals surface area contributed by atoms with Gasteiger partial charge in [-0.1, -0.05) is 25.7 Å². The number of carbonyl (C=O) groups is 1. The molecule has 1 nitrogen and oxygen atoms in total. The molecule has 2 aliphatic rings. The van der Waals surface area contributed by atoms with Crippen molar-refractivity contribution < 1.29 is 63.0 Å². The predicted molar refractivity (Wildman–Crippen MR) is 71.6 cm³/mol. The fourth-order valence-electron chi connectivity index (χ4n) is 3.78. The van der Waals surface area contributed by atoms with Crippen molar-refractivity contribution in [3.05, 3.63) is 6.42 Å². The molecule has 2 aliphatic carbocycles. The Morgan fingerprint density at radius 1 is 0.944 bits per heavy atom. The molecule has 0 N–H and O–H groups in total. The molecule has 0 heterocycles. The largest absolute Gasteiger partial charge is 1.00 e. The standard InChI is InChI=1S/C16H27O.Rb/c1-13(17)11-15-7-9-16(10-8-15)12-14-5-3-2-4-6-14;/h2,14-16H,3-12H2,1H3;/q-1;+1. The Kier molecular flexibility index (Phi) is 9.17. The molecule has 0 unspecified atom stereocenters. The molecule has 18 heavy (non-hydrogen) atoms. The van der Waals surface area contributed by atoms with Crippen LogP contribution in [0, 0.1) is 24.2 Å². The average Bonchev–Trinajstić information content (AvgIpc) is 2.32. The van der Waals surface area contributed by atoms with Gasteiger partial charge < -0.3 is 11.2 Å². The van der Waals surface area contributed by atoms with E-state index in [1.807, 2.05) is 0 Å². The molecule has 2 heteroatoms. The second-order valence-electron chi connectivity index (χ2n) is 6.34. The summed E-state index contributed by atoms with van der Waals surface area (Å²) in [5.41, 5.74) is 0. The molecule has 98 valence electrons. The first kappa shape index (κ1) is 17.5. The molecule has 0 spiro atoms. The Hall–Kier alpha value is 1.48. The van der Waals surface area contributed by atoms with Gasteiger partial charge in [-0.25, -0.2) is 0 Å². The van der Waals surface area contributed by atoms with Crippen molar-refractivity contribution in [2.24, 2.45) is 17.8 Å². The van der Waals surface area contributed by atoms with E-state index < -0.39 is 0 Å². The van der Waals surface area contributed by atoms with E-state index >= 15 is 0 Å². The van der Waals surface area contributed by atoms with Crippen LogP contribution in [-0.2, 0) is 4.79 Å². The smallest absolute Gasteiger partial charge is 0.328 e. The summed E-state index contributed by atoms with van der Waals surface area (Å²) in [6, 6.07) is 0. The molecule has 0 amide bonds. The Morgan fingerprint density at radius 2 is 1.44 bits per heavy atom. The molecule has 0 aromatic rings. The van der Waals surface area contributed by atoms with Gasteiger partial charge in [-0.3, -0.25) is 0 Å². The molecule has 2 saturated carbocycles. The molecular weight excluding hydrogens is 294 g/mol. The van der Waals surface area contributed by atoms with Crippen molar-refractivity contribution in [1.29, 1.82) is 0 Å². The Morgan fingerprint density at radius 3 is 2.00 bits per heavy atom. The Balaban J connectivity index is 0.00000162. The maximum absolute atomic E-state index is 11.1. The van der Waals surface area contributed by atoms with Crippen LogP contribution < -0.4 is 58.2 Å². The number of Topliss-reactive ketones (excluding diaryl/α,β-unsaturated/α-hetero) is 1. The second kappa shape index (κ2) is 9.42. The number of ketones is 1. The second-order valence-corrected chi connectivity index (χ2v) is 6.34. The van der Waals surface area contributed by atoms with Gasteiger partial charge in [-0.05, 0) is 43.9 Å². The third-order valence-electron chi connectivity index (χ3n) is 4.77. The van der Waals surface area contributed by atoms with Crippen molar-refractivity contribution in [2.45, 2.75) is 71.1 Å². The summed E-state index contributed by atoms with van der Waals surface area (Å²) in [7, 11) is 0. The van der Waals surface area contributed by atoms with Gasteiger partial charge in [0.1, 0.15) is 5.78 Å². The van der Waals surface area contributed by atoms with E-state index in [0.717, 1.165) is 18.3 Å². The van der Waals surface area contributed by atoms with Gasteiger partial charge in [0.2, 0.25) is 0 Å². The van der Waals surface area contributed by atoms with Crippen LogP contribution in [0.5, 0.6) is 0 Å². The zero-order valence-corrected chi connectivity index (χ0v) is 17.2. The summed E-state index contributed by atoms with van der Waals surface area (Å²) in [4.78, 5) is 11.1. The van der Waals surface area contributed by atoms with Crippen LogP contribution in [0.3, 0.4) is 0 Å². The predicted octanol–water partition coefficient (Wildman–Crippen LogP) is 1.56. The molecule has 0 saturated heterocycles. The van der Waals surface area contributed by atoms with Gasteiger partial charge in [0.15, 0.2) is 0 Å². The number of hydrogen-bond acceptors (Lipinski definition) is 1. The molecule has 0 aliphatic heterocycles. The fraction of sp³-hybridized carbons (Fsp3) is 0.875. The average molecular weight is 321 g/mol. The topological polar surface area (TPSA) is 17.1 Å². The van der Waals surface area contributed by atoms with Crippen LogP contribution in [0.2, 0.25) is 0 Å². The molecule has 0 aromatic carbocycles. The summed E-state index contributed by atoms with van der Waals surface area (Å²) in [5.74, 6) is 3.08. The van der Waals surface area contributed by atoms with Crippen LogP contribution in [0.4, 0.5) is 0 Å². The van der Waals surface area contributed by atoms with Gasteiger partial charge in [0, 0.05) is 6.42 Å². The zero-order valence-electron chi connectivity index (χ0n) is 12.3. The van der Waals surface area contributed by atoms with Gasteiger partial charge in [-0.2, -0.15) is 12.8 Å². The van der Waals surface area contributed by atoms with E-state index in [1.165, 1.54) is 57.8 Å². The van der Waals surface area contributed by atoms with Gasteiger partial charge in [0.25, 0.3) is 0 Å². The van der Waals surface area contributed by atoms with Crippen LogP contribution in [0.1, 0.15) is 71.1 Å². The van der Waals surface area contributed by atoms with Crippen molar-refractivity contribution in [1.82, 2.24) is 0 Å². The van der Waals surface area contributed by atoms with Gasteiger partial charge in [-0.15, -0.1) is 0 Å². The number of hydrogen-bond donors (Lipinski definition) is 0. The zero-order chi connectivity index (χ0) is 12.1. The van der Waals surface area contributed by atoms with Crippen LogP contribution in [0.25, 0.3) is 0 Å². The van der Waals surface area contributed by atoms with Crippen molar-refractivity contribution >= 4 is 5.78 Å². The fourth-order valence-corrected chi connectivity index (χ4v) is 3.78. The molecule has 0 radical (unpaired) electrons. The van der Waals surface area contributed by atoms with E-state index in [-0.39, 0.29) is 58.2 Å². The van der Waals surface area contributed by atoms with E-state index in [2.05, 4.69) is 6.42 Å². The summed E-state index contributed by atoms with van der Waals surface area (Å²) in [5, 5.41) is 0. The SMILES string of the molecule is CC(=O)CC1CCC(CC2CC[CH-]CC2)CC1.[Rb+]. The molecule has 0 atom stereocenters. The molecular formula is C16H27ORb. The summed E-state index contributed by atoms with van der Waals surface area (Å²) >= 11 is 0. The summed E-state index contributed by atoms with van der Waals surface area (Å²) < 4.78 is 0. The minimum Gasteiger partial charge on any atom is -0.328 e. The quantitative estimate of drug-likeness (QED) is 0.719. The maximum atomic E-state index is 11.1. The molecule has 0 bridgehead atoms. The third kappa shape index (κ3) is 6.28. The molecule has 0 aromatic heterocycles. The van der Waals surface area contributed by atoms with E-state index in [1.54, 1.807) is 6.92 Å².